The van der Waals surface area contributed by atoms with Crippen LogP contribution in [0.3, 0.4) is 0 Å². The first-order valence-corrected chi connectivity index (χ1v) is 3.71. The Kier molecular flexibility index (Phi) is 2.96. The second-order valence-electron chi connectivity index (χ2n) is 2.52. The zero-order chi connectivity index (χ0) is 8.97. The number of aliphatic hydroxyl groups excluding tert-OH is 1. The summed E-state index contributed by atoms with van der Waals surface area (Å²) >= 11 is 0. The maximum Gasteiger partial charge on any atom is 0.181 e. The van der Waals surface area contributed by atoms with Crippen LogP contribution >= 0.6 is 0 Å². The molecular formula is C9H11NO2. The Hall–Kier alpha value is -1.19. The molecule has 0 radical (unpaired) electrons. The van der Waals surface area contributed by atoms with E-state index in [1.54, 1.807) is 24.3 Å². The molecule has 0 aromatic heterocycles. The van der Waals surface area contributed by atoms with E-state index in [0.29, 0.717) is 5.56 Å². The largest absolute Gasteiger partial charge is 0.394 e. The summed E-state index contributed by atoms with van der Waals surface area (Å²) in [6, 6.07) is 7.90. The van der Waals surface area contributed by atoms with Crippen molar-refractivity contribution in [3.05, 3.63) is 35.9 Å². The van der Waals surface area contributed by atoms with E-state index in [-0.39, 0.29) is 12.4 Å². The SMILES string of the molecule is N[C@H](CO)C(=O)c1ccccc1. The van der Waals surface area contributed by atoms with Gasteiger partial charge in [0.1, 0.15) is 0 Å². The highest BCUT2D eigenvalue weighted by Gasteiger charge is 2.13. The van der Waals surface area contributed by atoms with Gasteiger partial charge in [-0.25, -0.2) is 0 Å². The first-order chi connectivity index (χ1) is 5.75. The summed E-state index contributed by atoms with van der Waals surface area (Å²) in [6.45, 7) is -0.312. The lowest BCUT2D eigenvalue weighted by atomic mass is 10.1. The standard InChI is InChI=1S/C9H11NO2/c10-8(6-11)9(12)7-4-2-1-3-5-7/h1-5,8,11H,6,10H2/t8-/m1/s1. The molecule has 1 aromatic rings. The second kappa shape index (κ2) is 3.99. The van der Waals surface area contributed by atoms with E-state index in [4.69, 9.17) is 10.8 Å². The monoisotopic (exact) mass is 165 g/mol. The number of hydrogen-bond donors (Lipinski definition) is 2. The molecule has 0 heterocycles. The molecule has 0 aliphatic heterocycles. The van der Waals surface area contributed by atoms with Crippen LogP contribution in [0.4, 0.5) is 0 Å². The van der Waals surface area contributed by atoms with Gasteiger partial charge in [-0.3, -0.25) is 4.79 Å². The number of hydrogen-bond acceptors (Lipinski definition) is 3. The van der Waals surface area contributed by atoms with E-state index in [1.165, 1.54) is 0 Å². The molecule has 1 atom stereocenters. The Morgan fingerprint density at radius 1 is 1.42 bits per heavy atom. The van der Waals surface area contributed by atoms with Crippen LogP contribution in [0.25, 0.3) is 0 Å². The van der Waals surface area contributed by atoms with Crippen LogP contribution in [0.1, 0.15) is 10.4 Å². The number of nitrogens with two attached hydrogens (primary N) is 1. The minimum absolute atomic E-state index is 0.224. The fourth-order valence-electron chi connectivity index (χ4n) is 0.899. The molecule has 0 saturated heterocycles. The smallest absolute Gasteiger partial charge is 0.181 e. The Morgan fingerprint density at radius 2 is 2.00 bits per heavy atom. The predicted octanol–water partition coefficient (Wildman–Crippen LogP) is 0.189. The second-order valence-corrected chi connectivity index (χ2v) is 2.52. The number of benzene rings is 1. The lowest BCUT2D eigenvalue weighted by Crippen LogP contribution is -2.33. The van der Waals surface area contributed by atoms with Crippen LogP contribution in [0.2, 0.25) is 0 Å². The minimum atomic E-state index is -0.799. The molecule has 1 aromatic carbocycles. The van der Waals surface area contributed by atoms with Gasteiger partial charge in [0.25, 0.3) is 0 Å². The zero-order valence-electron chi connectivity index (χ0n) is 6.60. The normalized spacial score (nSPS) is 12.5. The summed E-state index contributed by atoms with van der Waals surface area (Å²) in [7, 11) is 0. The van der Waals surface area contributed by atoms with Crippen LogP contribution in [0, 0.1) is 0 Å². The summed E-state index contributed by atoms with van der Waals surface area (Å²) in [5.74, 6) is -0.224. The van der Waals surface area contributed by atoms with E-state index in [2.05, 4.69) is 0 Å². The van der Waals surface area contributed by atoms with Gasteiger partial charge >= 0.3 is 0 Å². The third-order valence-electron chi connectivity index (χ3n) is 1.59. The van der Waals surface area contributed by atoms with Gasteiger partial charge in [-0.15, -0.1) is 0 Å². The molecule has 64 valence electrons. The van der Waals surface area contributed by atoms with Crippen molar-refractivity contribution in [3.63, 3.8) is 0 Å². The first-order valence-electron chi connectivity index (χ1n) is 3.71. The molecule has 0 bridgehead atoms. The van der Waals surface area contributed by atoms with Crippen LogP contribution in [0.5, 0.6) is 0 Å². The van der Waals surface area contributed by atoms with Crippen LogP contribution < -0.4 is 5.73 Å². The van der Waals surface area contributed by atoms with Gasteiger partial charge in [-0.05, 0) is 0 Å². The van der Waals surface area contributed by atoms with E-state index in [0.717, 1.165) is 0 Å². The number of Topliss-reactive ketones (excluding diaryl/α,β-unsaturated/α-hetero) is 1. The topological polar surface area (TPSA) is 63.3 Å². The summed E-state index contributed by atoms with van der Waals surface area (Å²) in [4.78, 5) is 11.3. The molecule has 0 amide bonds. The fraction of sp³-hybridized carbons (Fsp3) is 0.222. The Labute approximate surface area is 70.8 Å². The van der Waals surface area contributed by atoms with Crippen LogP contribution in [0.15, 0.2) is 30.3 Å². The molecular weight excluding hydrogens is 154 g/mol. The fourth-order valence-corrected chi connectivity index (χ4v) is 0.899. The molecule has 3 N–H and O–H groups in total. The summed E-state index contributed by atoms with van der Waals surface area (Å²) in [5.41, 5.74) is 5.89. The van der Waals surface area contributed by atoms with Crippen molar-refractivity contribution in [2.24, 2.45) is 5.73 Å². The van der Waals surface area contributed by atoms with Gasteiger partial charge in [0.15, 0.2) is 5.78 Å². The van der Waals surface area contributed by atoms with E-state index < -0.39 is 6.04 Å². The molecule has 0 saturated carbocycles. The van der Waals surface area contributed by atoms with Crippen molar-refractivity contribution < 1.29 is 9.90 Å². The Balaban J connectivity index is 2.79. The quantitative estimate of drug-likeness (QED) is 0.628. The number of carbonyl (C=O) groups excluding carboxylic acids is 1. The summed E-state index contributed by atoms with van der Waals surface area (Å²) in [6.07, 6.45) is 0. The highest BCUT2D eigenvalue weighted by atomic mass is 16.3. The number of aliphatic hydroxyl groups is 1. The van der Waals surface area contributed by atoms with Crippen molar-refractivity contribution in [3.8, 4) is 0 Å². The Bertz CT molecular complexity index is 258. The molecule has 3 heteroatoms. The predicted molar refractivity (Wildman–Crippen MR) is 45.8 cm³/mol. The van der Waals surface area contributed by atoms with E-state index >= 15 is 0 Å². The number of ketones is 1. The van der Waals surface area contributed by atoms with Crippen LogP contribution in [-0.4, -0.2) is 23.5 Å². The lowest BCUT2D eigenvalue weighted by Gasteiger charge is -2.05. The van der Waals surface area contributed by atoms with E-state index in [9.17, 15) is 4.79 Å². The average molecular weight is 165 g/mol. The highest BCUT2D eigenvalue weighted by Crippen LogP contribution is 2.01. The van der Waals surface area contributed by atoms with Gasteiger partial charge in [-0.1, -0.05) is 30.3 Å². The lowest BCUT2D eigenvalue weighted by molar-refractivity contribution is 0.0925. The molecule has 0 aliphatic carbocycles. The number of rotatable bonds is 3. The zero-order valence-corrected chi connectivity index (χ0v) is 6.60. The van der Waals surface area contributed by atoms with Gasteiger partial charge in [0.05, 0.1) is 12.6 Å². The molecule has 3 nitrogen and oxygen atoms in total. The third-order valence-corrected chi connectivity index (χ3v) is 1.59. The van der Waals surface area contributed by atoms with Gasteiger partial charge in [0, 0.05) is 5.56 Å². The van der Waals surface area contributed by atoms with Crippen molar-refractivity contribution in [2.45, 2.75) is 6.04 Å². The van der Waals surface area contributed by atoms with Crippen molar-refractivity contribution in [2.75, 3.05) is 6.61 Å². The number of carbonyl (C=O) groups is 1. The molecule has 0 spiro atoms. The Morgan fingerprint density at radius 3 is 2.50 bits per heavy atom. The maximum atomic E-state index is 11.3. The van der Waals surface area contributed by atoms with Gasteiger partial charge in [0.2, 0.25) is 0 Å². The average Bonchev–Trinajstić information content (AvgIpc) is 2.17. The summed E-state index contributed by atoms with van der Waals surface area (Å²) < 4.78 is 0. The third kappa shape index (κ3) is 1.90. The van der Waals surface area contributed by atoms with Gasteiger partial charge < -0.3 is 10.8 Å². The van der Waals surface area contributed by atoms with Crippen molar-refractivity contribution in [1.82, 2.24) is 0 Å². The first kappa shape index (κ1) is 8.90. The van der Waals surface area contributed by atoms with Crippen molar-refractivity contribution >= 4 is 5.78 Å². The van der Waals surface area contributed by atoms with E-state index in [1.807, 2.05) is 6.07 Å². The summed E-state index contributed by atoms with van der Waals surface area (Å²) in [5, 5.41) is 8.62. The highest BCUT2D eigenvalue weighted by molar-refractivity contribution is 5.99. The molecule has 12 heavy (non-hydrogen) atoms. The molecule has 1 rings (SSSR count). The van der Waals surface area contributed by atoms with Crippen LogP contribution in [-0.2, 0) is 0 Å². The van der Waals surface area contributed by atoms with Gasteiger partial charge in [-0.2, -0.15) is 0 Å². The molecule has 0 unspecified atom stereocenters. The van der Waals surface area contributed by atoms with Crippen molar-refractivity contribution in [1.29, 1.82) is 0 Å². The maximum absolute atomic E-state index is 11.3. The molecule has 0 fully saturated rings. The molecule has 0 aliphatic rings. The minimum Gasteiger partial charge on any atom is -0.394 e.